The zero-order chi connectivity index (χ0) is 9.68. The minimum absolute atomic E-state index is 0.403. The maximum Gasteiger partial charge on any atom is 0.0354 e. The van der Waals surface area contributed by atoms with Crippen molar-refractivity contribution in [2.75, 3.05) is 20.0 Å². The van der Waals surface area contributed by atoms with Crippen LogP contribution >= 0.6 is 11.6 Å². The van der Waals surface area contributed by atoms with Gasteiger partial charge in [-0.05, 0) is 38.2 Å². The lowest BCUT2D eigenvalue weighted by Crippen LogP contribution is -2.20. The Bertz CT molecular complexity index is 236. The zero-order valence-electron chi connectivity index (χ0n) is 8.07. The first-order valence-electron chi connectivity index (χ1n) is 4.38. The molecule has 0 aromatic carbocycles. The summed E-state index contributed by atoms with van der Waals surface area (Å²) in [4.78, 5) is 6.17. The molecule has 1 aromatic rings. The molecule has 0 saturated heterocycles. The SMILES string of the molecule is CN(C)C(CCCl)c1ccncc1. The lowest BCUT2D eigenvalue weighted by atomic mass is 10.1. The fraction of sp³-hybridized carbons (Fsp3) is 0.500. The Balaban J connectivity index is 2.76. The Morgan fingerprint density at radius 2 is 2.00 bits per heavy atom. The second kappa shape index (κ2) is 5.20. The van der Waals surface area contributed by atoms with Gasteiger partial charge in [0.15, 0.2) is 0 Å². The third-order valence-electron chi connectivity index (χ3n) is 2.10. The fourth-order valence-corrected chi connectivity index (χ4v) is 1.62. The average molecular weight is 199 g/mol. The molecule has 1 rings (SSSR count). The van der Waals surface area contributed by atoms with Gasteiger partial charge in [-0.3, -0.25) is 4.98 Å². The predicted octanol–water partition coefficient (Wildman–Crippen LogP) is 2.31. The van der Waals surface area contributed by atoms with Crippen molar-refractivity contribution < 1.29 is 0 Å². The van der Waals surface area contributed by atoms with Crippen LogP contribution in [0.4, 0.5) is 0 Å². The molecule has 0 amide bonds. The van der Waals surface area contributed by atoms with Crippen LogP contribution in [0.1, 0.15) is 18.0 Å². The summed E-state index contributed by atoms with van der Waals surface area (Å²) in [5, 5.41) is 0. The molecular weight excluding hydrogens is 184 g/mol. The molecule has 72 valence electrons. The first-order valence-corrected chi connectivity index (χ1v) is 4.91. The van der Waals surface area contributed by atoms with Crippen LogP contribution in [-0.4, -0.2) is 29.9 Å². The number of alkyl halides is 1. The average Bonchev–Trinajstić information content (AvgIpc) is 2.15. The summed E-state index contributed by atoms with van der Waals surface area (Å²) in [6.45, 7) is 0. The predicted molar refractivity (Wildman–Crippen MR) is 56.0 cm³/mol. The number of pyridine rings is 1. The highest BCUT2D eigenvalue weighted by atomic mass is 35.5. The van der Waals surface area contributed by atoms with E-state index in [1.807, 2.05) is 24.5 Å². The van der Waals surface area contributed by atoms with Crippen molar-refractivity contribution in [3.8, 4) is 0 Å². The first-order chi connectivity index (χ1) is 6.25. The van der Waals surface area contributed by atoms with Crippen LogP contribution in [0.3, 0.4) is 0 Å². The van der Waals surface area contributed by atoms with Gasteiger partial charge < -0.3 is 4.90 Å². The lowest BCUT2D eigenvalue weighted by Gasteiger charge is -2.23. The van der Waals surface area contributed by atoms with Gasteiger partial charge in [0.05, 0.1) is 0 Å². The number of halogens is 1. The van der Waals surface area contributed by atoms with E-state index in [-0.39, 0.29) is 0 Å². The zero-order valence-corrected chi connectivity index (χ0v) is 8.83. The molecule has 0 aliphatic rings. The summed E-state index contributed by atoms with van der Waals surface area (Å²) in [6.07, 6.45) is 4.61. The van der Waals surface area contributed by atoms with Gasteiger partial charge in [-0.2, -0.15) is 0 Å². The van der Waals surface area contributed by atoms with Gasteiger partial charge in [-0.15, -0.1) is 11.6 Å². The van der Waals surface area contributed by atoms with E-state index in [0.717, 1.165) is 6.42 Å². The second-order valence-electron chi connectivity index (χ2n) is 3.24. The van der Waals surface area contributed by atoms with Crippen LogP contribution in [0.15, 0.2) is 24.5 Å². The van der Waals surface area contributed by atoms with E-state index in [1.165, 1.54) is 5.56 Å². The third-order valence-corrected chi connectivity index (χ3v) is 2.31. The van der Waals surface area contributed by atoms with Crippen molar-refractivity contribution in [1.82, 2.24) is 9.88 Å². The van der Waals surface area contributed by atoms with Crippen LogP contribution in [0, 0.1) is 0 Å². The van der Waals surface area contributed by atoms with E-state index < -0.39 is 0 Å². The summed E-state index contributed by atoms with van der Waals surface area (Å²) in [5.74, 6) is 0.686. The number of nitrogens with zero attached hydrogens (tertiary/aromatic N) is 2. The highest BCUT2D eigenvalue weighted by Gasteiger charge is 2.12. The van der Waals surface area contributed by atoms with Crippen LogP contribution in [0.25, 0.3) is 0 Å². The van der Waals surface area contributed by atoms with E-state index in [2.05, 4.69) is 24.0 Å². The summed E-state index contributed by atoms with van der Waals surface area (Å²) in [5.41, 5.74) is 1.28. The van der Waals surface area contributed by atoms with E-state index >= 15 is 0 Å². The first kappa shape index (κ1) is 10.5. The normalized spacial score (nSPS) is 13.2. The van der Waals surface area contributed by atoms with Crippen LogP contribution in [0.5, 0.6) is 0 Å². The number of rotatable bonds is 4. The van der Waals surface area contributed by atoms with Crippen LogP contribution < -0.4 is 0 Å². The molecule has 0 N–H and O–H groups in total. The van der Waals surface area contributed by atoms with Gasteiger partial charge in [0.1, 0.15) is 0 Å². The molecule has 0 aliphatic heterocycles. The Morgan fingerprint density at radius 3 is 2.46 bits per heavy atom. The van der Waals surface area contributed by atoms with E-state index in [1.54, 1.807) is 0 Å². The molecule has 1 atom stereocenters. The summed E-state index contributed by atoms with van der Waals surface area (Å²) in [7, 11) is 4.13. The quantitative estimate of drug-likeness (QED) is 0.691. The standard InChI is InChI=1S/C10H15ClN2/c1-13(2)10(3-6-11)9-4-7-12-8-5-9/h4-5,7-8,10H,3,6H2,1-2H3. The highest BCUT2D eigenvalue weighted by molar-refractivity contribution is 6.17. The largest absolute Gasteiger partial charge is 0.302 e. The molecule has 1 heterocycles. The van der Waals surface area contributed by atoms with Crippen molar-refractivity contribution in [3.63, 3.8) is 0 Å². The number of hydrogen-bond acceptors (Lipinski definition) is 2. The molecule has 3 heteroatoms. The molecule has 13 heavy (non-hydrogen) atoms. The van der Waals surface area contributed by atoms with Crippen molar-refractivity contribution >= 4 is 11.6 Å². The lowest BCUT2D eigenvalue weighted by molar-refractivity contribution is 0.293. The molecular formula is C10H15ClN2. The van der Waals surface area contributed by atoms with Gasteiger partial charge in [0.2, 0.25) is 0 Å². The van der Waals surface area contributed by atoms with E-state index in [9.17, 15) is 0 Å². The van der Waals surface area contributed by atoms with Crippen molar-refractivity contribution in [2.45, 2.75) is 12.5 Å². The van der Waals surface area contributed by atoms with Crippen molar-refractivity contribution in [3.05, 3.63) is 30.1 Å². The molecule has 2 nitrogen and oxygen atoms in total. The van der Waals surface area contributed by atoms with Crippen LogP contribution in [0.2, 0.25) is 0 Å². The monoisotopic (exact) mass is 198 g/mol. The summed E-state index contributed by atoms with van der Waals surface area (Å²) >= 11 is 5.75. The topological polar surface area (TPSA) is 16.1 Å². The molecule has 0 aliphatic carbocycles. The molecule has 0 fully saturated rings. The van der Waals surface area contributed by atoms with E-state index in [0.29, 0.717) is 11.9 Å². The Morgan fingerprint density at radius 1 is 1.38 bits per heavy atom. The molecule has 0 spiro atoms. The van der Waals surface area contributed by atoms with Crippen molar-refractivity contribution in [2.24, 2.45) is 0 Å². The Labute approximate surface area is 84.5 Å². The minimum atomic E-state index is 0.403. The molecule has 0 saturated carbocycles. The van der Waals surface area contributed by atoms with Gasteiger partial charge in [-0.1, -0.05) is 0 Å². The number of hydrogen-bond donors (Lipinski definition) is 0. The highest BCUT2D eigenvalue weighted by Crippen LogP contribution is 2.21. The summed E-state index contributed by atoms with van der Waals surface area (Å²) < 4.78 is 0. The summed E-state index contributed by atoms with van der Waals surface area (Å²) in [6, 6.07) is 4.48. The fourth-order valence-electron chi connectivity index (χ4n) is 1.41. The Kier molecular flexibility index (Phi) is 4.19. The molecule has 0 bridgehead atoms. The van der Waals surface area contributed by atoms with Gasteiger partial charge >= 0.3 is 0 Å². The van der Waals surface area contributed by atoms with Gasteiger partial charge in [0.25, 0.3) is 0 Å². The maximum absolute atomic E-state index is 5.75. The molecule has 1 unspecified atom stereocenters. The van der Waals surface area contributed by atoms with Crippen LogP contribution in [-0.2, 0) is 0 Å². The molecule has 1 aromatic heterocycles. The van der Waals surface area contributed by atoms with E-state index in [4.69, 9.17) is 11.6 Å². The minimum Gasteiger partial charge on any atom is -0.302 e. The second-order valence-corrected chi connectivity index (χ2v) is 3.62. The smallest absolute Gasteiger partial charge is 0.0354 e. The molecule has 0 radical (unpaired) electrons. The van der Waals surface area contributed by atoms with Gasteiger partial charge in [-0.25, -0.2) is 0 Å². The Hall–Kier alpha value is -0.600. The maximum atomic E-state index is 5.75. The van der Waals surface area contributed by atoms with Crippen molar-refractivity contribution in [1.29, 1.82) is 0 Å². The third kappa shape index (κ3) is 2.98. The number of aromatic nitrogens is 1. The van der Waals surface area contributed by atoms with Gasteiger partial charge in [0, 0.05) is 24.3 Å².